The summed E-state index contributed by atoms with van der Waals surface area (Å²) in [5.41, 5.74) is 14.9. The largest absolute Gasteiger partial charge is 0.478 e. The Labute approximate surface area is 86.0 Å². The topological polar surface area (TPSA) is 112 Å². The van der Waals surface area contributed by atoms with Crippen LogP contribution in [0.1, 0.15) is 28.9 Å². The molecule has 0 saturated carbocycles. The summed E-state index contributed by atoms with van der Waals surface area (Å²) in [4.78, 5) is 13.3. The van der Waals surface area contributed by atoms with Crippen molar-refractivity contribution in [2.24, 2.45) is 10.8 Å². The molecule has 0 aliphatic heterocycles. The van der Waals surface area contributed by atoms with E-state index >= 15 is 0 Å². The first-order valence-electron chi connectivity index (χ1n) is 4.24. The Morgan fingerprint density at radius 3 is 2.80 bits per heavy atom. The molecule has 0 heterocycles. The molecule has 1 unspecified atom stereocenters. The van der Waals surface area contributed by atoms with Gasteiger partial charge in [0.05, 0.1) is 5.56 Å². The van der Waals surface area contributed by atoms with Gasteiger partial charge >= 0.3 is 5.97 Å². The lowest BCUT2D eigenvalue weighted by Crippen LogP contribution is -2.06. The number of carbonyl (C=O) groups is 1. The minimum atomic E-state index is -1.07. The molecular formula is C9H10N4O2. The molecule has 6 heteroatoms. The number of rotatable bonds is 3. The van der Waals surface area contributed by atoms with Crippen LogP contribution in [0, 0.1) is 0 Å². The molecule has 1 aromatic carbocycles. The van der Waals surface area contributed by atoms with Crippen LogP contribution in [0.2, 0.25) is 0 Å². The zero-order valence-electron chi connectivity index (χ0n) is 8.08. The number of azide groups is 1. The Bertz CT molecular complexity index is 436. The smallest absolute Gasteiger partial charge is 0.335 e. The second-order valence-electron chi connectivity index (χ2n) is 3.06. The van der Waals surface area contributed by atoms with Crippen molar-refractivity contribution in [3.8, 4) is 0 Å². The van der Waals surface area contributed by atoms with Crippen LogP contribution in [0.15, 0.2) is 23.3 Å². The molecule has 78 valence electrons. The van der Waals surface area contributed by atoms with Crippen LogP contribution >= 0.6 is 0 Å². The number of nitrogens with two attached hydrogens (primary N) is 1. The third-order valence-electron chi connectivity index (χ3n) is 1.92. The molecular weight excluding hydrogens is 196 g/mol. The summed E-state index contributed by atoms with van der Waals surface area (Å²) in [6.45, 7) is 1.73. The van der Waals surface area contributed by atoms with Crippen molar-refractivity contribution in [1.82, 2.24) is 0 Å². The van der Waals surface area contributed by atoms with E-state index in [-0.39, 0.29) is 17.3 Å². The molecule has 0 radical (unpaired) electrons. The quantitative estimate of drug-likeness (QED) is 0.449. The molecule has 1 aromatic rings. The van der Waals surface area contributed by atoms with E-state index in [0.717, 1.165) is 0 Å². The molecule has 0 bridgehead atoms. The summed E-state index contributed by atoms with van der Waals surface area (Å²) in [5.74, 6) is -1.07. The van der Waals surface area contributed by atoms with Crippen LogP contribution in [0.4, 0.5) is 5.69 Å². The van der Waals surface area contributed by atoms with Gasteiger partial charge in [-0.2, -0.15) is 0 Å². The number of carboxylic acid groups (broad SMARTS) is 1. The fourth-order valence-electron chi connectivity index (χ4n) is 1.20. The Morgan fingerprint density at radius 1 is 1.67 bits per heavy atom. The standard InChI is InChI=1S/C9H10N4O2/c1-5(10)7-3-2-6(9(14)15)4-8(7)12-13-11/h2-5H,10H2,1H3,(H,14,15). The van der Waals surface area contributed by atoms with E-state index in [1.807, 2.05) is 0 Å². The number of nitrogens with zero attached hydrogens (tertiary/aromatic N) is 3. The monoisotopic (exact) mass is 206 g/mol. The van der Waals surface area contributed by atoms with Crippen LogP contribution in [0.25, 0.3) is 10.4 Å². The molecule has 15 heavy (non-hydrogen) atoms. The average molecular weight is 206 g/mol. The van der Waals surface area contributed by atoms with Crippen LogP contribution in [0.3, 0.4) is 0 Å². The minimum absolute atomic E-state index is 0.0711. The fourth-order valence-corrected chi connectivity index (χ4v) is 1.20. The van der Waals surface area contributed by atoms with Gasteiger partial charge in [-0.3, -0.25) is 0 Å². The summed E-state index contributed by atoms with van der Waals surface area (Å²) in [6.07, 6.45) is 0. The Balaban J connectivity index is 3.32. The molecule has 1 rings (SSSR count). The molecule has 1 atom stereocenters. The normalized spacial score (nSPS) is 11.6. The van der Waals surface area contributed by atoms with Crippen LogP contribution in [0.5, 0.6) is 0 Å². The maximum atomic E-state index is 10.7. The molecule has 0 aliphatic rings. The first-order chi connectivity index (χ1) is 7.06. The Kier molecular flexibility index (Phi) is 3.28. The predicted octanol–water partition coefficient (Wildman–Crippen LogP) is 2.35. The van der Waals surface area contributed by atoms with Gasteiger partial charge in [0, 0.05) is 16.6 Å². The van der Waals surface area contributed by atoms with Gasteiger partial charge in [-0.05, 0) is 30.2 Å². The number of hydrogen-bond donors (Lipinski definition) is 2. The van der Waals surface area contributed by atoms with E-state index in [0.29, 0.717) is 5.56 Å². The van der Waals surface area contributed by atoms with Gasteiger partial charge in [0.2, 0.25) is 0 Å². The van der Waals surface area contributed by atoms with Crippen molar-refractivity contribution in [3.05, 3.63) is 39.8 Å². The van der Waals surface area contributed by atoms with Gasteiger partial charge in [-0.1, -0.05) is 11.2 Å². The van der Waals surface area contributed by atoms with Gasteiger partial charge in [0.1, 0.15) is 0 Å². The highest BCUT2D eigenvalue weighted by molar-refractivity contribution is 5.88. The minimum Gasteiger partial charge on any atom is -0.478 e. The maximum absolute atomic E-state index is 10.7. The third-order valence-corrected chi connectivity index (χ3v) is 1.92. The highest BCUT2D eigenvalue weighted by atomic mass is 16.4. The van der Waals surface area contributed by atoms with Crippen LogP contribution < -0.4 is 5.73 Å². The van der Waals surface area contributed by atoms with Gasteiger partial charge < -0.3 is 10.8 Å². The Hall–Kier alpha value is -2.04. The fraction of sp³-hybridized carbons (Fsp3) is 0.222. The van der Waals surface area contributed by atoms with Crippen molar-refractivity contribution in [2.45, 2.75) is 13.0 Å². The number of aromatic carboxylic acids is 1. The molecule has 0 fully saturated rings. The van der Waals surface area contributed by atoms with E-state index in [2.05, 4.69) is 10.0 Å². The molecule has 6 nitrogen and oxygen atoms in total. The van der Waals surface area contributed by atoms with Crippen molar-refractivity contribution in [3.63, 3.8) is 0 Å². The number of carboxylic acids is 1. The van der Waals surface area contributed by atoms with Gasteiger partial charge in [-0.25, -0.2) is 4.79 Å². The number of benzene rings is 1. The molecule has 0 aliphatic carbocycles. The first kappa shape index (κ1) is 11.0. The Morgan fingerprint density at radius 2 is 2.33 bits per heavy atom. The molecule has 3 N–H and O–H groups in total. The lowest BCUT2D eigenvalue weighted by molar-refractivity contribution is 0.0697. The van der Waals surface area contributed by atoms with E-state index in [4.69, 9.17) is 16.4 Å². The molecule has 0 aromatic heterocycles. The van der Waals surface area contributed by atoms with Gasteiger partial charge in [0.25, 0.3) is 0 Å². The maximum Gasteiger partial charge on any atom is 0.335 e. The lowest BCUT2D eigenvalue weighted by Gasteiger charge is -2.09. The second-order valence-corrected chi connectivity index (χ2v) is 3.06. The van der Waals surface area contributed by atoms with Crippen LogP contribution in [-0.2, 0) is 0 Å². The SMILES string of the molecule is CC(N)c1ccc(C(=O)O)cc1N=[N+]=[N-]. The summed E-state index contributed by atoms with van der Waals surface area (Å²) >= 11 is 0. The molecule has 0 saturated heterocycles. The van der Waals surface area contributed by atoms with E-state index in [1.54, 1.807) is 13.0 Å². The van der Waals surface area contributed by atoms with Gasteiger partial charge in [-0.15, -0.1) is 0 Å². The highest BCUT2D eigenvalue weighted by Gasteiger charge is 2.09. The molecule has 0 spiro atoms. The summed E-state index contributed by atoms with van der Waals surface area (Å²) in [5, 5.41) is 12.1. The molecule has 0 amide bonds. The predicted molar refractivity (Wildman–Crippen MR) is 54.8 cm³/mol. The third kappa shape index (κ3) is 2.46. The van der Waals surface area contributed by atoms with Crippen molar-refractivity contribution in [2.75, 3.05) is 0 Å². The highest BCUT2D eigenvalue weighted by Crippen LogP contribution is 2.25. The number of hydrogen-bond acceptors (Lipinski definition) is 3. The van der Waals surface area contributed by atoms with Crippen molar-refractivity contribution in [1.29, 1.82) is 0 Å². The van der Waals surface area contributed by atoms with Crippen molar-refractivity contribution >= 4 is 11.7 Å². The second kappa shape index (κ2) is 4.45. The zero-order valence-corrected chi connectivity index (χ0v) is 8.08. The van der Waals surface area contributed by atoms with Crippen LogP contribution in [-0.4, -0.2) is 11.1 Å². The lowest BCUT2D eigenvalue weighted by atomic mass is 10.0. The van der Waals surface area contributed by atoms with E-state index in [1.165, 1.54) is 12.1 Å². The van der Waals surface area contributed by atoms with Gasteiger partial charge in [0.15, 0.2) is 0 Å². The first-order valence-corrected chi connectivity index (χ1v) is 4.24. The average Bonchev–Trinajstić information content (AvgIpc) is 2.17. The summed E-state index contributed by atoms with van der Waals surface area (Å²) in [6, 6.07) is 3.98. The summed E-state index contributed by atoms with van der Waals surface area (Å²) < 4.78 is 0. The van der Waals surface area contributed by atoms with E-state index in [9.17, 15) is 4.79 Å². The zero-order chi connectivity index (χ0) is 11.4. The van der Waals surface area contributed by atoms with Crippen molar-refractivity contribution < 1.29 is 9.90 Å². The van der Waals surface area contributed by atoms with E-state index < -0.39 is 5.97 Å². The summed E-state index contributed by atoms with van der Waals surface area (Å²) in [7, 11) is 0.